The standard InChI is InChI=1S/C14H15NO4S/c1-7-5-10(9(3)19-7)12(16)15-13-11(14(17)18-4)6-8(2)20-13/h5-6H,1-4H3,(H,15,16). The molecular formula is C14H15NO4S. The lowest BCUT2D eigenvalue weighted by Crippen LogP contribution is -2.13. The Morgan fingerprint density at radius 1 is 1.20 bits per heavy atom. The first kappa shape index (κ1) is 14.3. The number of nitrogens with one attached hydrogen (secondary N) is 1. The van der Waals surface area contributed by atoms with Gasteiger partial charge in [-0.05, 0) is 32.9 Å². The number of aryl methyl sites for hydroxylation is 3. The van der Waals surface area contributed by atoms with E-state index in [1.165, 1.54) is 18.4 Å². The molecule has 0 aromatic carbocycles. The highest BCUT2D eigenvalue weighted by Gasteiger charge is 2.20. The predicted molar refractivity (Wildman–Crippen MR) is 76.5 cm³/mol. The van der Waals surface area contributed by atoms with Gasteiger partial charge in [0, 0.05) is 4.88 Å². The summed E-state index contributed by atoms with van der Waals surface area (Å²) in [5, 5.41) is 3.22. The lowest BCUT2D eigenvalue weighted by Gasteiger charge is -2.04. The minimum absolute atomic E-state index is 0.300. The topological polar surface area (TPSA) is 68.5 Å². The molecule has 0 aliphatic rings. The Bertz CT molecular complexity index is 669. The normalized spacial score (nSPS) is 10.4. The number of thiophene rings is 1. The molecule has 1 amide bonds. The summed E-state index contributed by atoms with van der Waals surface area (Å²) in [4.78, 5) is 24.8. The summed E-state index contributed by atoms with van der Waals surface area (Å²) in [6, 6.07) is 3.36. The second-order valence-corrected chi connectivity index (χ2v) is 5.63. The van der Waals surface area contributed by atoms with Crippen LogP contribution in [0.2, 0.25) is 0 Å². The molecule has 0 atom stereocenters. The van der Waals surface area contributed by atoms with E-state index < -0.39 is 5.97 Å². The maximum Gasteiger partial charge on any atom is 0.340 e. The van der Waals surface area contributed by atoms with Crippen molar-refractivity contribution in [2.45, 2.75) is 20.8 Å². The quantitative estimate of drug-likeness (QED) is 0.882. The Morgan fingerprint density at radius 3 is 2.45 bits per heavy atom. The molecule has 0 radical (unpaired) electrons. The number of carbonyl (C=O) groups excluding carboxylic acids is 2. The molecule has 0 aliphatic heterocycles. The average Bonchev–Trinajstić information content (AvgIpc) is 2.91. The molecule has 2 rings (SSSR count). The number of furan rings is 1. The van der Waals surface area contributed by atoms with Gasteiger partial charge < -0.3 is 14.5 Å². The van der Waals surface area contributed by atoms with Crippen molar-refractivity contribution in [1.29, 1.82) is 0 Å². The molecule has 2 heterocycles. The maximum absolute atomic E-state index is 12.2. The van der Waals surface area contributed by atoms with Gasteiger partial charge in [0.1, 0.15) is 16.5 Å². The largest absolute Gasteiger partial charge is 0.466 e. The third-order valence-electron chi connectivity index (χ3n) is 2.77. The Morgan fingerprint density at radius 2 is 1.90 bits per heavy atom. The fourth-order valence-corrected chi connectivity index (χ4v) is 2.79. The zero-order valence-corrected chi connectivity index (χ0v) is 12.5. The van der Waals surface area contributed by atoms with E-state index >= 15 is 0 Å². The molecule has 6 heteroatoms. The molecule has 0 saturated heterocycles. The van der Waals surface area contributed by atoms with Crippen LogP contribution in [0.5, 0.6) is 0 Å². The minimum atomic E-state index is -0.468. The van der Waals surface area contributed by atoms with Gasteiger partial charge in [0.2, 0.25) is 0 Å². The maximum atomic E-state index is 12.2. The molecular weight excluding hydrogens is 278 g/mol. The van der Waals surface area contributed by atoms with Crippen molar-refractivity contribution in [3.63, 3.8) is 0 Å². The molecule has 0 aliphatic carbocycles. The van der Waals surface area contributed by atoms with Gasteiger partial charge in [0.25, 0.3) is 5.91 Å². The smallest absolute Gasteiger partial charge is 0.340 e. The number of methoxy groups -OCH3 is 1. The van der Waals surface area contributed by atoms with Crippen LogP contribution in [0.15, 0.2) is 16.5 Å². The van der Waals surface area contributed by atoms with Crippen LogP contribution in [0, 0.1) is 20.8 Å². The van der Waals surface area contributed by atoms with Crippen LogP contribution in [0.4, 0.5) is 5.00 Å². The van der Waals surface area contributed by atoms with Crippen LogP contribution >= 0.6 is 11.3 Å². The lowest BCUT2D eigenvalue weighted by atomic mass is 10.2. The van der Waals surface area contributed by atoms with Gasteiger partial charge in [0.15, 0.2) is 0 Å². The Balaban J connectivity index is 2.28. The number of anilines is 1. The summed E-state index contributed by atoms with van der Waals surface area (Å²) < 4.78 is 10.0. The Kier molecular flexibility index (Phi) is 3.94. The highest BCUT2D eigenvalue weighted by molar-refractivity contribution is 7.16. The zero-order chi connectivity index (χ0) is 14.9. The van der Waals surface area contributed by atoms with Crippen molar-refractivity contribution in [1.82, 2.24) is 0 Å². The molecule has 2 aromatic heterocycles. The summed E-state index contributed by atoms with van der Waals surface area (Å²) in [6.07, 6.45) is 0. The summed E-state index contributed by atoms with van der Waals surface area (Å²) in [6.45, 7) is 5.36. The first-order valence-corrected chi connectivity index (χ1v) is 6.81. The molecule has 2 aromatic rings. The number of hydrogen-bond acceptors (Lipinski definition) is 5. The van der Waals surface area contributed by atoms with E-state index in [2.05, 4.69) is 5.32 Å². The summed E-state index contributed by atoms with van der Waals surface area (Å²) in [5.41, 5.74) is 0.825. The van der Waals surface area contributed by atoms with Crippen molar-refractivity contribution in [2.24, 2.45) is 0 Å². The van der Waals surface area contributed by atoms with E-state index in [4.69, 9.17) is 9.15 Å². The van der Waals surface area contributed by atoms with E-state index in [9.17, 15) is 9.59 Å². The molecule has 0 spiro atoms. The van der Waals surface area contributed by atoms with Gasteiger partial charge in [-0.1, -0.05) is 0 Å². The Labute approximate surface area is 120 Å². The molecule has 0 saturated carbocycles. The monoisotopic (exact) mass is 293 g/mol. The summed E-state index contributed by atoms with van der Waals surface area (Å²) in [7, 11) is 1.31. The molecule has 0 fully saturated rings. The minimum Gasteiger partial charge on any atom is -0.466 e. The highest BCUT2D eigenvalue weighted by Crippen LogP contribution is 2.29. The molecule has 0 bridgehead atoms. The van der Waals surface area contributed by atoms with E-state index in [1.54, 1.807) is 26.0 Å². The van der Waals surface area contributed by atoms with Crippen molar-refractivity contribution < 1.29 is 18.7 Å². The second kappa shape index (κ2) is 5.50. The van der Waals surface area contributed by atoms with E-state index in [-0.39, 0.29) is 5.91 Å². The number of amides is 1. The number of hydrogen-bond donors (Lipinski definition) is 1. The number of esters is 1. The number of rotatable bonds is 3. The first-order valence-electron chi connectivity index (χ1n) is 5.99. The zero-order valence-electron chi connectivity index (χ0n) is 11.7. The van der Waals surface area contributed by atoms with Crippen LogP contribution < -0.4 is 5.32 Å². The van der Waals surface area contributed by atoms with Crippen LogP contribution in [-0.2, 0) is 4.74 Å². The second-order valence-electron chi connectivity index (χ2n) is 4.37. The van der Waals surface area contributed by atoms with E-state index in [0.29, 0.717) is 27.6 Å². The van der Waals surface area contributed by atoms with E-state index in [0.717, 1.165) is 4.88 Å². The van der Waals surface area contributed by atoms with Crippen LogP contribution in [-0.4, -0.2) is 19.0 Å². The van der Waals surface area contributed by atoms with Gasteiger partial charge >= 0.3 is 5.97 Å². The van der Waals surface area contributed by atoms with E-state index in [1.807, 2.05) is 6.92 Å². The van der Waals surface area contributed by atoms with Crippen molar-refractivity contribution >= 4 is 28.2 Å². The fourth-order valence-electron chi connectivity index (χ4n) is 1.90. The third kappa shape index (κ3) is 2.75. The SMILES string of the molecule is COC(=O)c1cc(C)sc1NC(=O)c1cc(C)oc1C. The summed E-state index contributed by atoms with van der Waals surface area (Å²) in [5.74, 6) is 0.451. The molecule has 0 unspecified atom stereocenters. The van der Waals surface area contributed by atoms with Crippen molar-refractivity contribution in [2.75, 3.05) is 12.4 Å². The molecule has 106 valence electrons. The third-order valence-corrected chi connectivity index (χ3v) is 3.74. The molecule has 5 nitrogen and oxygen atoms in total. The Hall–Kier alpha value is -2.08. The fraction of sp³-hybridized carbons (Fsp3) is 0.286. The van der Waals surface area contributed by atoms with Crippen LogP contribution in [0.25, 0.3) is 0 Å². The van der Waals surface area contributed by atoms with Gasteiger partial charge in [0.05, 0.1) is 18.2 Å². The lowest BCUT2D eigenvalue weighted by molar-refractivity contribution is 0.0602. The first-order chi connectivity index (χ1) is 9.42. The average molecular weight is 293 g/mol. The number of carbonyl (C=O) groups is 2. The number of ether oxygens (including phenoxy) is 1. The van der Waals surface area contributed by atoms with Gasteiger partial charge in [-0.2, -0.15) is 0 Å². The van der Waals surface area contributed by atoms with Gasteiger partial charge in [-0.25, -0.2) is 4.79 Å². The predicted octanol–water partition coefficient (Wildman–Crippen LogP) is 3.31. The van der Waals surface area contributed by atoms with Gasteiger partial charge in [-0.3, -0.25) is 4.79 Å². The van der Waals surface area contributed by atoms with Crippen molar-refractivity contribution in [3.05, 3.63) is 39.7 Å². The highest BCUT2D eigenvalue weighted by atomic mass is 32.1. The molecule has 1 N–H and O–H groups in total. The summed E-state index contributed by atoms with van der Waals surface area (Å²) >= 11 is 1.33. The van der Waals surface area contributed by atoms with Gasteiger partial charge in [-0.15, -0.1) is 11.3 Å². The van der Waals surface area contributed by atoms with Crippen LogP contribution in [0.3, 0.4) is 0 Å². The van der Waals surface area contributed by atoms with Crippen LogP contribution in [0.1, 0.15) is 37.1 Å². The van der Waals surface area contributed by atoms with Crippen molar-refractivity contribution in [3.8, 4) is 0 Å². The molecule has 20 heavy (non-hydrogen) atoms.